The fraction of sp³-hybridized carbons (Fsp3) is 1.00. The van der Waals surface area contributed by atoms with Gasteiger partial charge in [0.2, 0.25) is 0 Å². The van der Waals surface area contributed by atoms with Crippen molar-refractivity contribution < 1.29 is 0 Å². The van der Waals surface area contributed by atoms with E-state index in [4.69, 9.17) is 0 Å². The lowest BCUT2D eigenvalue weighted by Gasteiger charge is -2.51. The summed E-state index contributed by atoms with van der Waals surface area (Å²) in [6.45, 7) is 9.01. The molecule has 19 heavy (non-hydrogen) atoms. The number of hydrogen-bond donors (Lipinski definition) is 0. The van der Waals surface area contributed by atoms with Crippen molar-refractivity contribution in [1.82, 2.24) is 9.80 Å². The SMILES string of the molecule is CC1CN2CCCCC2CN1C(C)C1CCCCC1. The smallest absolute Gasteiger partial charge is 0.0224 e. The topological polar surface area (TPSA) is 6.48 Å². The zero-order chi connectivity index (χ0) is 13.2. The molecule has 1 aliphatic carbocycles. The highest BCUT2D eigenvalue weighted by atomic mass is 15.3. The van der Waals surface area contributed by atoms with Crippen molar-refractivity contribution in [2.45, 2.75) is 83.3 Å². The fourth-order valence-electron chi connectivity index (χ4n) is 4.83. The maximum atomic E-state index is 2.86. The van der Waals surface area contributed by atoms with Gasteiger partial charge < -0.3 is 0 Å². The van der Waals surface area contributed by atoms with Crippen LogP contribution in [-0.4, -0.2) is 47.6 Å². The molecule has 2 aliphatic heterocycles. The van der Waals surface area contributed by atoms with Crippen LogP contribution in [0.2, 0.25) is 0 Å². The molecule has 2 saturated heterocycles. The molecule has 3 rings (SSSR count). The molecule has 0 amide bonds. The van der Waals surface area contributed by atoms with Crippen molar-refractivity contribution in [3.8, 4) is 0 Å². The molecule has 1 saturated carbocycles. The van der Waals surface area contributed by atoms with E-state index >= 15 is 0 Å². The highest BCUT2D eigenvalue weighted by Crippen LogP contribution is 2.32. The Bertz CT molecular complexity index is 282. The van der Waals surface area contributed by atoms with Gasteiger partial charge in [-0.3, -0.25) is 9.80 Å². The minimum atomic E-state index is 0.770. The van der Waals surface area contributed by atoms with Gasteiger partial charge in [0.15, 0.2) is 0 Å². The molecular formula is C17H32N2. The normalized spacial score (nSPS) is 36.9. The van der Waals surface area contributed by atoms with Crippen LogP contribution in [0.3, 0.4) is 0 Å². The lowest BCUT2D eigenvalue weighted by molar-refractivity contribution is -0.0212. The first kappa shape index (κ1) is 13.9. The van der Waals surface area contributed by atoms with E-state index in [-0.39, 0.29) is 0 Å². The minimum Gasteiger partial charge on any atom is -0.298 e. The monoisotopic (exact) mass is 264 g/mol. The van der Waals surface area contributed by atoms with E-state index in [2.05, 4.69) is 23.6 Å². The van der Waals surface area contributed by atoms with E-state index in [1.807, 2.05) is 0 Å². The summed E-state index contributed by atoms with van der Waals surface area (Å²) < 4.78 is 0. The average molecular weight is 264 g/mol. The van der Waals surface area contributed by atoms with Gasteiger partial charge in [0.25, 0.3) is 0 Å². The van der Waals surface area contributed by atoms with Crippen molar-refractivity contribution >= 4 is 0 Å². The zero-order valence-corrected chi connectivity index (χ0v) is 13.0. The summed E-state index contributed by atoms with van der Waals surface area (Å²) in [6.07, 6.45) is 11.7. The van der Waals surface area contributed by atoms with Gasteiger partial charge in [-0.05, 0) is 52.0 Å². The van der Waals surface area contributed by atoms with Gasteiger partial charge in [0, 0.05) is 31.2 Å². The molecule has 0 spiro atoms. The maximum absolute atomic E-state index is 2.86. The molecule has 110 valence electrons. The molecule has 0 N–H and O–H groups in total. The molecule has 3 atom stereocenters. The first-order valence-corrected chi connectivity index (χ1v) is 8.75. The van der Waals surface area contributed by atoms with E-state index in [1.54, 1.807) is 0 Å². The van der Waals surface area contributed by atoms with Crippen molar-refractivity contribution in [2.75, 3.05) is 19.6 Å². The highest BCUT2D eigenvalue weighted by molar-refractivity contribution is 4.92. The Labute approximate surface area is 119 Å². The second-order valence-electron chi connectivity index (χ2n) is 7.33. The standard InChI is InChI=1S/C17H32N2/c1-14-12-18-11-7-6-10-17(18)13-19(14)15(2)16-8-4-3-5-9-16/h14-17H,3-13H2,1-2H3. The summed E-state index contributed by atoms with van der Waals surface area (Å²) >= 11 is 0. The summed E-state index contributed by atoms with van der Waals surface area (Å²) in [5.41, 5.74) is 0. The molecule has 3 unspecified atom stereocenters. The Morgan fingerprint density at radius 3 is 2.42 bits per heavy atom. The maximum Gasteiger partial charge on any atom is 0.0224 e. The van der Waals surface area contributed by atoms with E-state index in [1.165, 1.54) is 71.0 Å². The molecule has 3 fully saturated rings. The number of piperidine rings is 1. The average Bonchev–Trinajstić information content (AvgIpc) is 2.47. The van der Waals surface area contributed by atoms with Gasteiger partial charge in [-0.1, -0.05) is 25.7 Å². The van der Waals surface area contributed by atoms with Gasteiger partial charge in [-0.2, -0.15) is 0 Å². The van der Waals surface area contributed by atoms with Crippen LogP contribution < -0.4 is 0 Å². The quantitative estimate of drug-likeness (QED) is 0.753. The van der Waals surface area contributed by atoms with Crippen LogP contribution in [0.25, 0.3) is 0 Å². The van der Waals surface area contributed by atoms with Crippen LogP contribution in [0.15, 0.2) is 0 Å². The third-order valence-electron chi connectivity index (χ3n) is 6.09. The predicted octanol–water partition coefficient (Wildman–Crippen LogP) is 3.51. The van der Waals surface area contributed by atoms with Crippen molar-refractivity contribution in [2.24, 2.45) is 5.92 Å². The van der Waals surface area contributed by atoms with Gasteiger partial charge in [-0.15, -0.1) is 0 Å². The molecule has 2 heteroatoms. The van der Waals surface area contributed by atoms with Crippen LogP contribution in [0.5, 0.6) is 0 Å². The molecule has 2 nitrogen and oxygen atoms in total. The highest BCUT2D eigenvalue weighted by Gasteiger charge is 2.37. The van der Waals surface area contributed by atoms with Crippen molar-refractivity contribution in [1.29, 1.82) is 0 Å². The van der Waals surface area contributed by atoms with Crippen molar-refractivity contribution in [3.63, 3.8) is 0 Å². The Morgan fingerprint density at radius 1 is 0.895 bits per heavy atom. The van der Waals surface area contributed by atoms with Crippen LogP contribution >= 0.6 is 0 Å². The Balaban J connectivity index is 1.62. The fourth-order valence-corrected chi connectivity index (χ4v) is 4.83. The summed E-state index contributed by atoms with van der Waals surface area (Å²) in [4.78, 5) is 5.64. The molecule has 3 aliphatic rings. The molecular weight excluding hydrogens is 232 g/mol. The summed E-state index contributed by atoms with van der Waals surface area (Å²) in [5, 5.41) is 0. The van der Waals surface area contributed by atoms with Crippen LogP contribution in [0.4, 0.5) is 0 Å². The number of piperazine rings is 1. The summed E-state index contributed by atoms with van der Waals surface area (Å²) in [5.74, 6) is 0.978. The summed E-state index contributed by atoms with van der Waals surface area (Å²) in [6, 6.07) is 2.46. The molecule has 0 aromatic heterocycles. The largest absolute Gasteiger partial charge is 0.298 e. The zero-order valence-electron chi connectivity index (χ0n) is 13.0. The van der Waals surface area contributed by atoms with Gasteiger partial charge >= 0.3 is 0 Å². The molecule has 0 bridgehead atoms. The number of nitrogens with zero attached hydrogens (tertiary/aromatic N) is 2. The lowest BCUT2D eigenvalue weighted by Crippen LogP contribution is -2.61. The van der Waals surface area contributed by atoms with Crippen LogP contribution in [0, 0.1) is 5.92 Å². The first-order chi connectivity index (χ1) is 9.25. The van der Waals surface area contributed by atoms with E-state index in [9.17, 15) is 0 Å². The molecule has 0 aromatic carbocycles. The predicted molar refractivity (Wildman–Crippen MR) is 81.4 cm³/mol. The Kier molecular flexibility index (Phi) is 4.48. The molecule has 0 radical (unpaired) electrons. The number of hydrogen-bond acceptors (Lipinski definition) is 2. The number of rotatable bonds is 2. The van der Waals surface area contributed by atoms with E-state index in [0.29, 0.717) is 0 Å². The van der Waals surface area contributed by atoms with Crippen LogP contribution in [0.1, 0.15) is 65.2 Å². The summed E-state index contributed by atoms with van der Waals surface area (Å²) in [7, 11) is 0. The second-order valence-corrected chi connectivity index (χ2v) is 7.33. The van der Waals surface area contributed by atoms with Crippen molar-refractivity contribution in [3.05, 3.63) is 0 Å². The first-order valence-electron chi connectivity index (χ1n) is 8.75. The number of fused-ring (bicyclic) bond motifs is 1. The van der Waals surface area contributed by atoms with Crippen LogP contribution in [-0.2, 0) is 0 Å². The third-order valence-corrected chi connectivity index (χ3v) is 6.09. The van der Waals surface area contributed by atoms with Gasteiger partial charge in [0.1, 0.15) is 0 Å². The molecule has 0 aromatic rings. The lowest BCUT2D eigenvalue weighted by atomic mass is 9.82. The van der Waals surface area contributed by atoms with Gasteiger partial charge in [-0.25, -0.2) is 0 Å². The van der Waals surface area contributed by atoms with Gasteiger partial charge in [0.05, 0.1) is 0 Å². The third kappa shape index (κ3) is 3.00. The van der Waals surface area contributed by atoms with E-state index in [0.717, 1.165) is 24.0 Å². The second kappa shape index (κ2) is 6.13. The minimum absolute atomic E-state index is 0.770. The molecule has 2 heterocycles. The van der Waals surface area contributed by atoms with E-state index < -0.39 is 0 Å². The Hall–Kier alpha value is -0.0800. The Morgan fingerprint density at radius 2 is 1.63 bits per heavy atom.